The van der Waals surface area contributed by atoms with Gasteiger partial charge in [-0.25, -0.2) is 0 Å². The lowest BCUT2D eigenvalue weighted by Crippen LogP contribution is -2.43. The molecule has 0 saturated heterocycles. The molecule has 0 aliphatic heterocycles. The van der Waals surface area contributed by atoms with Crippen molar-refractivity contribution in [3.63, 3.8) is 0 Å². The topological polar surface area (TPSA) is 32.3 Å². The normalized spacial score (nSPS) is 30.5. The molecule has 1 heterocycles. The smallest absolute Gasteiger partial charge is 0.0774 e. The third-order valence-electron chi connectivity index (χ3n) is 3.43. The van der Waals surface area contributed by atoms with Gasteiger partial charge in [0.1, 0.15) is 0 Å². The van der Waals surface area contributed by atoms with Crippen LogP contribution in [0.3, 0.4) is 0 Å². The Morgan fingerprint density at radius 1 is 1.62 bits per heavy atom. The Balaban J connectivity index is 1.76. The van der Waals surface area contributed by atoms with E-state index in [1.54, 1.807) is 11.3 Å². The highest BCUT2D eigenvalue weighted by molar-refractivity contribution is 7.07. The summed E-state index contributed by atoms with van der Waals surface area (Å²) < 4.78 is 0. The van der Waals surface area contributed by atoms with Crippen LogP contribution in [0, 0.1) is 5.92 Å². The maximum Gasteiger partial charge on any atom is 0.0774 e. The van der Waals surface area contributed by atoms with Crippen LogP contribution in [0.25, 0.3) is 0 Å². The summed E-state index contributed by atoms with van der Waals surface area (Å²) in [6, 6.07) is 2.13. The first kappa shape index (κ1) is 12.1. The van der Waals surface area contributed by atoms with Crippen molar-refractivity contribution < 1.29 is 5.11 Å². The van der Waals surface area contributed by atoms with Crippen molar-refractivity contribution in [3.8, 4) is 0 Å². The highest BCUT2D eigenvalue weighted by atomic mass is 32.1. The molecule has 1 aliphatic carbocycles. The number of aliphatic hydroxyl groups is 1. The van der Waals surface area contributed by atoms with Crippen molar-refractivity contribution in [2.45, 2.75) is 44.8 Å². The van der Waals surface area contributed by atoms with E-state index in [-0.39, 0.29) is 0 Å². The Morgan fingerprint density at radius 3 is 3.19 bits per heavy atom. The minimum absolute atomic E-state index is 0.465. The van der Waals surface area contributed by atoms with E-state index in [4.69, 9.17) is 0 Å². The number of hydrogen-bond acceptors (Lipinski definition) is 3. The highest BCUT2D eigenvalue weighted by Gasteiger charge is 2.31. The van der Waals surface area contributed by atoms with Crippen LogP contribution in [-0.2, 0) is 6.54 Å². The summed E-state index contributed by atoms with van der Waals surface area (Å²) in [4.78, 5) is 0. The Bertz CT molecular complexity index is 312. The molecule has 16 heavy (non-hydrogen) atoms. The lowest BCUT2D eigenvalue weighted by Gasteiger charge is -2.35. The summed E-state index contributed by atoms with van der Waals surface area (Å²) in [5.41, 5.74) is 0.852. The molecule has 1 aliphatic rings. The zero-order valence-corrected chi connectivity index (χ0v) is 10.7. The molecule has 90 valence electrons. The monoisotopic (exact) mass is 239 g/mol. The van der Waals surface area contributed by atoms with E-state index >= 15 is 0 Å². The van der Waals surface area contributed by atoms with Gasteiger partial charge in [-0.05, 0) is 41.1 Å². The van der Waals surface area contributed by atoms with Crippen LogP contribution in [0.5, 0.6) is 0 Å². The van der Waals surface area contributed by atoms with E-state index in [2.05, 4.69) is 29.1 Å². The second-order valence-corrected chi connectivity index (χ2v) is 5.94. The molecule has 0 aromatic carbocycles. The van der Waals surface area contributed by atoms with Gasteiger partial charge in [-0.15, -0.1) is 0 Å². The molecule has 2 atom stereocenters. The average molecular weight is 239 g/mol. The fourth-order valence-corrected chi connectivity index (χ4v) is 3.29. The fourth-order valence-electron chi connectivity index (χ4n) is 2.63. The van der Waals surface area contributed by atoms with Crippen molar-refractivity contribution in [2.75, 3.05) is 6.54 Å². The molecule has 1 aromatic rings. The Kier molecular flexibility index (Phi) is 4.00. The molecule has 2 nitrogen and oxygen atoms in total. The molecule has 0 radical (unpaired) electrons. The summed E-state index contributed by atoms with van der Waals surface area (Å²) in [5.74, 6) is 0.668. The van der Waals surface area contributed by atoms with Crippen LogP contribution in [0.2, 0.25) is 0 Å². The molecule has 1 fully saturated rings. The lowest BCUT2D eigenvalue weighted by atomic mass is 9.79. The van der Waals surface area contributed by atoms with Crippen molar-refractivity contribution >= 4 is 11.3 Å². The molecule has 0 bridgehead atoms. The standard InChI is InChI=1S/C13H21NOS/c1-11-3-2-5-13(15,7-11)10-14-8-12-4-6-16-9-12/h4,6,9,11,14-15H,2-3,5,7-8,10H2,1H3. The molecule has 3 heteroatoms. The first-order valence-electron chi connectivity index (χ1n) is 6.12. The molecule has 1 saturated carbocycles. The van der Waals surface area contributed by atoms with Crippen LogP contribution in [-0.4, -0.2) is 17.3 Å². The van der Waals surface area contributed by atoms with Crippen molar-refractivity contribution in [1.82, 2.24) is 5.32 Å². The lowest BCUT2D eigenvalue weighted by molar-refractivity contribution is -0.0119. The van der Waals surface area contributed by atoms with Crippen LogP contribution in [0.1, 0.15) is 38.2 Å². The van der Waals surface area contributed by atoms with E-state index in [0.29, 0.717) is 5.92 Å². The Hall–Kier alpha value is -0.380. The van der Waals surface area contributed by atoms with Crippen molar-refractivity contribution in [3.05, 3.63) is 22.4 Å². The number of rotatable bonds is 4. The summed E-state index contributed by atoms with van der Waals surface area (Å²) in [6.45, 7) is 3.84. The second kappa shape index (κ2) is 5.30. The average Bonchev–Trinajstić information content (AvgIpc) is 2.69. The zero-order chi connectivity index (χ0) is 11.4. The van der Waals surface area contributed by atoms with Crippen LogP contribution >= 0.6 is 11.3 Å². The van der Waals surface area contributed by atoms with E-state index in [1.165, 1.54) is 12.0 Å². The van der Waals surface area contributed by atoms with Crippen molar-refractivity contribution in [1.29, 1.82) is 0 Å². The van der Waals surface area contributed by atoms with Crippen molar-refractivity contribution in [2.24, 2.45) is 5.92 Å². The Morgan fingerprint density at radius 2 is 2.50 bits per heavy atom. The molecular formula is C13H21NOS. The first-order valence-corrected chi connectivity index (χ1v) is 7.06. The van der Waals surface area contributed by atoms with E-state index in [1.807, 2.05) is 0 Å². The largest absolute Gasteiger partial charge is 0.389 e. The maximum atomic E-state index is 10.4. The molecule has 1 aromatic heterocycles. The Labute approximate surface area is 102 Å². The molecule has 0 amide bonds. The van der Waals surface area contributed by atoms with Crippen LogP contribution < -0.4 is 5.32 Å². The molecular weight excluding hydrogens is 218 g/mol. The van der Waals surface area contributed by atoms with Gasteiger partial charge in [0.2, 0.25) is 0 Å². The first-order chi connectivity index (χ1) is 7.68. The predicted octanol–water partition coefficient (Wildman–Crippen LogP) is 2.78. The van der Waals surface area contributed by atoms with Gasteiger partial charge in [-0.3, -0.25) is 0 Å². The third kappa shape index (κ3) is 3.30. The molecule has 0 spiro atoms. The highest BCUT2D eigenvalue weighted by Crippen LogP contribution is 2.31. The van der Waals surface area contributed by atoms with Gasteiger partial charge in [0, 0.05) is 13.1 Å². The van der Waals surface area contributed by atoms with Gasteiger partial charge in [0.05, 0.1) is 5.60 Å². The molecule has 2 N–H and O–H groups in total. The molecule has 2 rings (SSSR count). The maximum absolute atomic E-state index is 10.4. The molecule has 2 unspecified atom stereocenters. The van der Waals surface area contributed by atoms with Gasteiger partial charge < -0.3 is 10.4 Å². The zero-order valence-electron chi connectivity index (χ0n) is 9.91. The van der Waals surface area contributed by atoms with Gasteiger partial charge in [0.15, 0.2) is 0 Å². The van der Waals surface area contributed by atoms with E-state index < -0.39 is 5.60 Å². The second-order valence-electron chi connectivity index (χ2n) is 5.16. The minimum Gasteiger partial charge on any atom is -0.389 e. The van der Waals surface area contributed by atoms with Gasteiger partial charge in [-0.1, -0.05) is 19.8 Å². The minimum atomic E-state index is -0.465. The number of nitrogens with one attached hydrogen (secondary N) is 1. The number of thiophene rings is 1. The summed E-state index contributed by atoms with van der Waals surface area (Å²) in [6.07, 6.45) is 4.34. The summed E-state index contributed by atoms with van der Waals surface area (Å²) in [7, 11) is 0. The number of hydrogen-bond donors (Lipinski definition) is 2. The quantitative estimate of drug-likeness (QED) is 0.847. The third-order valence-corrected chi connectivity index (χ3v) is 4.16. The SMILES string of the molecule is CC1CCCC(O)(CNCc2ccsc2)C1. The van der Waals surface area contributed by atoms with Gasteiger partial charge in [0.25, 0.3) is 0 Å². The van der Waals surface area contributed by atoms with E-state index in [0.717, 1.165) is 32.4 Å². The summed E-state index contributed by atoms with van der Waals surface area (Å²) in [5, 5.41) is 18.0. The summed E-state index contributed by atoms with van der Waals surface area (Å²) >= 11 is 1.72. The predicted molar refractivity (Wildman–Crippen MR) is 68.6 cm³/mol. The van der Waals surface area contributed by atoms with E-state index in [9.17, 15) is 5.11 Å². The van der Waals surface area contributed by atoms with Gasteiger partial charge in [-0.2, -0.15) is 11.3 Å². The van der Waals surface area contributed by atoms with Crippen LogP contribution in [0.4, 0.5) is 0 Å². The fraction of sp³-hybridized carbons (Fsp3) is 0.692. The van der Waals surface area contributed by atoms with Crippen LogP contribution in [0.15, 0.2) is 16.8 Å². The van der Waals surface area contributed by atoms with Gasteiger partial charge >= 0.3 is 0 Å².